The Kier molecular flexibility index (Phi) is 2.85. The molecule has 0 radical (unpaired) electrons. The van der Waals surface area contributed by atoms with Crippen LogP contribution in [0, 0.1) is 0 Å². The van der Waals surface area contributed by atoms with Crippen molar-refractivity contribution in [3.8, 4) is 0 Å². The third kappa shape index (κ3) is 2.89. The first-order valence-corrected chi connectivity index (χ1v) is 2.06. The van der Waals surface area contributed by atoms with Crippen LogP contribution in [0.1, 0.15) is 0 Å². The molecule has 0 saturated carbocycles. The van der Waals surface area contributed by atoms with Crippen LogP contribution >= 0.6 is 0 Å². The van der Waals surface area contributed by atoms with Crippen LogP contribution in [0.25, 0.3) is 0 Å². The molecule has 0 saturated heterocycles. The van der Waals surface area contributed by atoms with Crippen molar-refractivity contribution in [1.82, 2.24) is 5.32 Å². The van der Waals surface area contributed by atoms with Crippen LogP contribution in [-0.4, -0.2) is 7.05 Å². The molecule has 3 N–H and O–H groups in total. The number of rotatable bonds is 2. The molecule has 0 heterocycles. The van der Waals surface area contributed by atoms with E-state index in [1.165, 1.54) is 6.20 Å². The van der Waals surface area contributed by atoms with E-state index in [2.05, 4.69) is 11.9 Å². The van der Waals surface area contributed by atoms with E-state index >= 15 is 0 Å². The van der Waals surface area contributed by atoms with Crippen LogP contribution < -0.4 is 11.1 Å². The molecule has 0 aliphatic carbocycles. The number of allylic oxidation sites excluding steroid dienone is 1. The molecular formula is C5H10N2. The maximum Gasteiger partial charge on any atom is 0.0278 e. The predicted octanol–water partition coefficient (Wildman–Crippen LogP) is 0.192. The molecule has 40 valence electrons. The normalized spacial score (nSPS) is 9.29. The molecule has 2 heteroatoms. The van der Waals surface area contributed by atoms with Gasteiger partial charge in [-0.25, -0.2) is 0 Å². The average Bonchev–Trinajstić information content (AvgIpc) is 1.68. The maximum absolute atomic E-state index is 5.02. The van der Waals surface area contributed by atoms with Crippen LogP contribution in [0.3, 0.4) is 0 Å². The molecule has 2 nitrogen and oxygen atoms in total. The Labute approximate surface area is 43.7 Å². The SMILES string of the molecule is C=C(/C=C/N)NC. The van der Waals surface area contributed by atoms with Crippen molar-refractivity contribution >= 4 is 0 Å². The van der Waals surface area contributed by atoms with Crippen molar-refractivity contribution in [3.05, 3.63) is 24.6 Å². The molecule has 0 spiro atoms. The van der Waals surface area contributed by atoms with E-state index in [1.54, 1.807) is 13.1 Å². The highest BCUT2D eigenvalue weighted by Crippen LogP contribution is 1.78. The molecule has 0 aromatic rings. The van der Waals surface area contributed by atoms with Crippen LogP contribution in [0.5, 0.6) is 0 Å². The molecule has 0 amide bonds. The largest absolute Gasteiger partial charge is 0.405 e. The summed E-state index contributed by atoms with van der Waals surface area (Å²) >= 11 is 0. The second-order valence-electron chi connectivity index (χ2n) is 1.13. The highest BCUT2D eigenvalue weighted by Gasteiger charge is 1.72. The van der Waals surface area contributed by atoms with Crippen molar-refractivity contribution in [2.24, 2.45) is 5.73 Å². The molecule has 0 atom stereocenters. The van der Waals surface area contributed by atoms with E-state index in [4.69, 9.17) is 5.73 Å². The van der Waals surface area contributed by atoms with Crippen molar-refractivity contribution in [2.45, 2.75) is 0 Å². The third-order valence-corrected chi connectivity index (χ3v) is 0.619. The lowest BCUT2D eigenvalue weighted by molar-refractivity contribution is 1.04. The summed E-state index contributed by atoms with van der Waals surface area (Å²) in [5, 5.41) is 2.80. The van der Waals surface area contributed by atoms with Gasteiger partial charge in [0.2, 0.25) is 0 Å². The molecular weight excluding hydrogens is 88.1 g/mol. The van der Waals surface area contributed by atoms with Crippen molar-refractivity contribution < 1.29 is 0 Å². The molecule has 0 aromatic carbocycles. The summed E-state index contributed by atoms with van der Waals surface area (Å²) in [6.45, 7) is 3.58. The highest BCUT2D eigenvalue weighted by molar-refractivity contribution is 5.09. The van der Waals surface area contributed by atoms with E-state index in [9.17, 15) is 0 Å². The number of likely N-dealkylation sites (N-methyl/N-ethyl adjacent to an activating group) is 1. The Morgan fingerprint density at radius 1 is 1.86 bits per heavy atom. The first-order valence-electron chi connectivity index (χ1n) is 2.06. The van der Waals surface area contributed by atoms with Gasteiger partial charge in [-0.05, 0) is 12.3 Å². The van der Waals surface area contributed by atoms with E-state index in [0.717, 1.165) is 5.70 Å². The number of hydrogen-bond acceptors (Lipinski definition) is 2. The fraction of sp³-hybridized carbons (Fsp3) is 0.200. The van der Waals surface area contributed by atoms with E-state index in [0.29, 0.717) is 0 Å². The van der Waals surface area contributed by atoms with E-state index < -0.39 is 0 Å². The zero-order valence-corrected chi connectivity index (χ0v) is 4.44. The Morgan fingerprint density at radius 2 is 2.43 bits per heavy atom. The minimum absolute atomic E-state index is 0.822. The van der Waals surface area contributed by atoms with Gasteiger partial charge >= 0.3 is 0 Å². The molecule has 0 aliphatic heterocycles. The second-order valence-corrected chi connectivity index (χ2v) is 1.13. The van der Waals surface area contributed by atoms with Gasteiger partial charge in [0.05, 0.1) is 0 Å². The zero-order valence-electron chi connectivity index (χ0n) is 4.44. The summed E-state index contributed by atoms with van der Waals surface area (Å²) in [6, 6.07) is 0. The first-order chi connectivity index (χ1) is 3.31. The van der Waals surface area contributed by atoms with Gasteiger partial charge in [0.1, 0.15) is 0 Å². The van der Waals surface area contributed by atoms with Gasteiger partial charge in [-0.2, -0.15) is 0 Å². The van der Waals surface area contributed by atoms with Gasteiger partial charge < -0.3 is 11.1 Å². The fourth-order valence-electron chi connectivity index (χ4n) is 0.199. The van der Waals surface area contributed by atoms with Gasteiger partial charge in [0, 0.05) is 12.7 Å². The lowest BCUT2D eigenvalue weighted by atomic mass is 10.5. The zero-order chi connectivity index (χ0) is 5.70. The lowest BCUT2D eigenvalue weighted by Crippen LogP contribution is -2.00. The number of nitrogens with two attached hydrogens (primary N) is 1. The molecule has 0 fully saturated rings. The first kappa shape index (κ1) is 6.08. The van der Waals surface area contributed by atoms with Gasteiger partial charge in [0.15, 0.2) is 0 Å². The molecule has 0 bridgehead atoms. The summed E-state index contributed by atoms with van der Waals surface area (Å²) in [5.41, 5.74) is 5.85. The van der Waals surface area contributed by atoms with Crippen molar-refractivity contribution in [3.63, 3.8) is 0 Å². The molecule has 0 aliphatic rings. The van der Waals surface area contributed by atoms with Gasteiger partial charge in [-0.15, -0.1) is 0 Å². The maximum atomic E-state index is 5.02. The fourth-order valence-corrected chi connectivity index (χ4v) is 0.199. The second kappa shape index (κ2) is 3.28. The van der Waals surface area contributed by atoms with Gasteiger partial charge in [-0.3, -0.25) is 0 Å². The lowest BCUT2D eigenvalue weighted by Gasteiger charge is -1.91. The average molecular weight is 98.1 g/mol. The molecule has 7 heavy (non-hydrogen) atoms. The van der Waals surface area contributed by atoms with E-state index in [-0.39, 0.29) is 0 Å². The third-order valence-electron chi connectivity index (χ3n) is 0.619. The molecule has 0 unspecified atom stereocenters. The Morgan fingerprint density at radius 3 is 2.57 bits per heavy atom. The monoisotopic (exact) mass is 98.1 g/mol. The summed E-state index contributed by atoms with van der Waals surface area (Å²) < 4.78 is 0. The topological polar surface area (TPSA) is 38.0 Å². The van der Waals surface area contributed by atoms with E-state index in [1.807, 2.05) is 0 Å². The summed E-state index contributed by atoms with van der Waals surface area (Å²) in [6.07, 6.45) is 3.14. The van der Waals surface area contributed by atoms with Crippen LogP contribution in [0.4, 0.5) is 0 Å². The summed E-state index contributed by atoms with van der Waals surface area (Å²) in [7, 11) is 1.79. The molecule has 0 rings (SSSR count). The minimum Gasteiger partial charge on any atom is -0.405 e. The Balaban J connectivity index is 3.37. The summed E-state index contributed by atoms with van der Waals surface area (Å²) in [4.78, 5) is 0. The van der Waals surface area contributed by atoms with Crippen molar-refractivity contribution in [1.29, 1.82) is 0 Å². The Hall–Kier alpha value is -0.920. The summed E-state index contributed by atoms with van der Waals surface area (Å²) in [5.74, 6) is 0. The minimum atomic E-state index is 0.822. The van der Waals surface area contributed by atoms with Gasteiger partial charge in [0.25, 0.3) is 0 Å². The number of hydrogen-bond donors (Lipinski definition) is 2. The predicted molar refractivity (Wildman–Crippen MR) is 31.5 cm³/mol. The van der Waals surface area contributed by atoms with Gasteiger partial charge in [-0.1, -0.05) is 6.58 Å². The molecule has 0 aromatic heterocycles. The van der Waals surface area contributed by atoms with Crippen LogP contribution in [0.15, 0.2) is 24.6 Å². The quantitative estimate of drug-likeness (QED) is 0.484. The standard InChI is InChI=1S/C5H10N2/c1-5(7-2)3-4-6/h3-4,7H,1,6H2,2H3/b4-3+. The highest BCUT2D eigenvalue weighted by atomic mass is 14.8. The smallest absolute Gasteiger partial charge is 0.0278 e. The van der Waals surface area contributed by atoms with Crippen molar-refractivity contribution in [2.75, 3.05) is 7.05 Å². The van der Waals surface area contributed by atoms with Crippen LogP contribution in [-0.2, 0) is 0 Å². The Bertz CT molecular complexity index is 84.1. The number of nitrogens with one attached hydrogen (secondary N) is 1. The van der Waals surface area contributed by atoms with Crippen LogP contribution in [0.2, 0.25) is 0 Å².